The molecule has 0 aliphatic carbocycles. The number of para-hydroxylation sites is 1. The van der Waals surface area contributed by atoms with Crippen LogP contribution < -0.4 is 4.74 Å². The molecule has 1 aromatic carbocycles. The Hall–Kier alpha value is -1.49. The fourth-order valence-corrected chi connectivity index (χ4v) is 1.50. The second kappa shape index (κ2) is 7.76. The molecular formula is C14H19NO. The fraction of sp³-hybridized carbons (Fsp3) is 0.500. The number of unbranched alkanes of at least 4 members (excludes halogenated alkanes) is 2. The molecule has 0 N–H and O–H groups in total. The van der Waals surface area contributed by atoms with Crippen LogP contribution in [0.25, 0.3) is 0 Å². The molecule has 0 radical (unpaired) electrons. The zero-order valence-corrected chi connectivity index (χ0v) is 9.86. The van der Waals surface area contributed by atoms with Gasteiger partial charge >= 0.3 is 0 Å². The molecule has 1 aromatic rings. The normalized spacial score (nSPS) is 11.8. The van der Waals surface area contributed by atoms with Crippen molar-refractivity contribution in [1.82, 2.24) is 0 Å². The average Bonchev–Trinajstić information content (AvgIpc) is 2.34. The monoisotopic (exact) mass is 217 g/mol. The lowest BCUT2D eigenvalue weighted by Crippen LogP contribution is -1.97. The van der Waals surface area contributed by atoms with Gasteiger partial charge < -0.3 is 4.74 Å². The molecule has 1 unspecified atom stereocenters. The van der Waals surface area contributed by atoms with Gasteiger partial charge in [-0.3, -0.25) is 0 Å². The van der Waals surface area contributed by atoms with E-state index in [4.69, 9.17) is 10.00 Å². The van der Waals surface area contributed by atoms with Crippen molar-refractivity contribution in [3.63, 3.8) is 0 Å². The molecule has 2 nitrogen and oxygen atoms in total. The van der Waals surface area contributed by atoms with Gasteiger partial charge in [-0.1, -0.05) is 31.0 Å². The highest BCUT2D eigenvalue weighted by molar-refractivity contribution is 5.20. The summed E-state index contributed by atoms with van der Waals surface area (Å²) in [5.74, 6) is 1.13. The maximum Gasteiger partial charge on any atom is 0.119 e. The molecule has 0 fully saturated rings. The maximum absolute atomic E-state index is 8.61. The number of nitrogens with zero attached hydrogens (tertiary/aromatic N) is 1. The summed E-state index contributed by atoms with van der Waals surface area (Å²) >= 11 is 0. The molecule has 0 aliphatic rings. The van der Waals surface area contributed by atoms with Gasteiger partial charge in [-0.2, -0.15) is 5.26 Å². The number of hydrogen-bond donors (Lipinski definition) is 0. The highest BCUT2D eigenvalue weighted by Crippen LogP contribution is 2.11. The zero-order valence-electron chi connectivity index (χ0n) is 9.86. The Morgan fingerprint density at radius 1 is 1.19 bits per heavy atom. The molecule has 1 rings (SSSR count). The predicted octanol–water partition coefficient (Wildman–Crippen LogP) is 3.79. The predicted molar refractivity (Wildman–Crippen MR) is 65.2 cm³/mol. The number of rotatable bonds is 7. The fourth-order valence-electron chi connectivity index (χ4n) is 1.50. The van der Waals surface area contributed by atoms with Gasteiger partial charge in [0.05, 0.1) is 12.7 Å². The summed E-state index contributed by atoms with van der Waals surface area (Å²) in [6.07, 6.45) is 4.32. The smallest absolute Gasteiger partial charge is 0.119 e. The topological polar surface area (TPSA) is 33.0 Å². The number of nitriles is 1. The van der Waals surface area contributed by atoms with Crippen molar-refractivity contribution in [2.75, 3.05) is 6.61 Å². The lowest BCUT2D eigenvalue weighted by atomic mass is 10.1. The Morgan fingerprint density at radius 2 is 1.94 bits per heavy atom. The number of hydrogen-bond acceptors (Lipinski definition) is 2. The molecule has 86 valence electrons. The largest absolute Gasteiger partial charge is 0.494 e. The van der Waals surface area contributed by atoms with Crippen molar-refractivity contribution in [2.24, 2.45) is 5.92 Å². The molecule has 1 atom stereocenters. The zero-order chi connectivity index (χ0) is 11.6. The Kier molecular flexibility index (Phi) is 6.10. The Morgan fingerprint density at radius 3 is 2.62 bits per heavy atom. The Bertz CT molecular complexity index is 315. The van der Waals surface area contributed by atoms with Gasteiger partial charge in [-0.05, 0) is 31.9 Å². The van der Waals surface area contributed by atoms with Gasteiger partial charge in [-0.25, -0.2) is 0 Å². The van der Waals surface area contributed by atoms with Crippen LogP contribution in [0, 0.1) is 17.2 Å². The van der Waals surface area contributed by atoms with E-state index in [0.717, 1.165) is 38.0 Å². The first-order valence-corrected chi connectivity index (χ1v) is 5.90. The van der Waals surface area contributed by atoms with E-state index in [-0.39, 0.29) is 5.92 Å². The minimum absolute atomic E-state index is 0.190. The third kappa shape index (κ3) is 5.41. The van der Waals surface area contributed by atoms with Crippen molar-refractivity contribution in [3.8, 4) is 11.8 Å². The molecule has 0 amide bonds. The van der Waals surface area contributed by atoms with Crippen LogP contribution in [0.3, 0.4) is 0 Å². The van der Waals surface area contributed by atoms with Gasteiger partial charge in [0.1, 0.15) is 5.75 Å². The van der Waals surface area contributed by atoms with Crippen LogP contribution in [0.5, 0.6) is 5.75 Å². The molecule has 0 aromatic heterocycles. The van der Waals surface area contributed by atoms with Crippen molar-refractivity contribution in [3.05, 3.63) is 30.3 Å². The van der Waals surface area contributed by atoms with Crippen LogP contribution in [0.1, 0.15) is 32.6 Å². The van der Waals surface area contributed by atoms with Crippen LogP contribution in [0.15, 0.2) is 30.3 Å². The van der Waals surface area contributed by atoms with Crippen molar-refractivity contribution < 1.29 is 4.74 Å². The molecule has 16 heavy (non-hydrogen) atoms. The third-order valence-electron chi connectivity index (χ3n) is 2.51. The Labute approximate surface area is 97.9 Å². The second-order valence-corrected chi connectivity index (χ2v) is 4.04. The molecule has 2 heteroatoms. The lowest BCUT2D eigenvalue weighted by molar-refractivity contribution is 0.304. The van der Waals surface area contributed by atoms with E-state index in [0.29, 0.717) is 0 Å². The second-order valence-electron chi connectivity index (χ2n) is 4.04. The third-order valence-corrected chi connectivity index (χ3v) is 2.51. The highest BCUT2D eigenvalue weighted by Gasteiger charge is 1.98. The molecular weight excluding hydrogens is 198 g/mol. The van der Waals surface area contributed by atoms with Crippen LogP contribution in [0.2, 0.25) is 0 Å². The van der Waals surface area contributed by atoms with Crippen molar-refractivity contribution in [1.29, 1.82) is 5.26 Å². The van der Waals surface area contributed by atoms with Crippen LogP contribution >= 0.6 is 0 Å². The summed E-state index contributed by atoms with van der Waals surface area (Å²) < 4.78 is 5.57. The Balaban J connectivity index is 1.99. The highest BCUT2D eigenvalue weighted by atomic mass is 16.5. The summed E-state index contributed by atoms with van der Waals surface area (Å²) in [6.45, 7) is 2.74. The summed E-state index contributed by atoms with van der Waals surface area (Å²) in [6, 6.07) is 12.1. The van der Waals surface area contributed by atoms with Crippen LogP contribution in [-0.2, 0) is 0 Å². The summed E-state index contributed by atoms with van der Waals surface area (Å²) in [7, 11) is 0. The van der Waals surface area contributed by atoms with Gasteiger partial charge in [0.15, 0.2) is 0 Å². The van der Waals surface area contributed by atoms with Crippen LogP contribution in [-0.4, -0.2) is 6.61 Å². The molecule has 0 spiro atoms. The molecule has 0 aliphatic heterocycles. The molecule has 0 saturated carbocycles. The summed E-state index contributed by atoms with van der Waals surface area (Å²) in [5.41, 5.74) is 0. The standard InChI is InChI=1S/C14H19NO/c1-13(12-15)8-4-3-7-11-16-14-9-5-2-6-10-14/h2,5-6,9-10,13H,3-4,7-8,11H2,1H3. The van der Waals surface area contributed by atoms with Gasteiger partial charge in [0.25, 0.3) is 0 Å². The van der Waals surface area contributed by atoms with Crippen molar-refractivity contribution in [2.45, 2.75) is 32.6 Å². The molecule has 0 saturated heterocycles. The van der Waals surface area contributed by atoms with E-state index in [1.165, 1.54) is 0 Å². The number of benzene rings is 1. The van der Waals surface area contributed by atoms with E-state index in [1.807, 2.05) is 37.3 Å². The van der Waals surface area contributed by atoms with E-state index >= 15 is 0 Å². The van der Waals surface area contributed by atoms with Gasteiger partial charge in [0.2, 0.25) is 0 Å². The minimum Gasteiger partial charge on any atom is -0.494 e. The SMILES string of the molecule is CC(C#N)CCCCCOc1ccccc1. The summed E-state index contributed by atoms with van der Waals surface area (Å²) in [4.78, 5) is 0. The first kappa shape index (κ1) is 12.6. The molecule has 0 bridgehead atoms. The minimum atomic E-state index is 0.190. The van der Waals surface area contributed by atoms with E-state index in [2.05, 4.69) is 6.07 Å². The van der Waals surface area contributed by atoms with E-state index in [9.17, 15) is 0 Å². The lowest BCUT2D eigenvalue weighted by Gasteiger charge is -2.06. The first-order chi connectivity index (χ1) is 7.83. The number of ether oxygens (including phenoxy) is 1. The maximum atomic E-state index is 8.61. The molecule has 0 heterocycles. The van der Waals surface area contributed by atoms with E-state index < -0.39 is 0 Å². The first-order valence-electron chi connectivity index (χ1n) is 5.90. The van der Waals surface area contributed by atoms with Crippen molar-refractivity contribution >= 4 is 0 Å². The quantitative estimate of drug-likeness (QED) is 0.651. The van der Waals surface area contributed by atoms with Gasteiger partial charge in [0, 0.05) is 5.92 Å². The van der Waals surface area contributed by atoms with Crippen LogP contribution in [0.4, 0.5) is 0 Å². The summed E-state index contributed by atoms with van der Waals surface area (Å²) in [5, 5.41) is 8.61. The van der Waals surface area contributed by atoms with E-state index in [1.54, 1.807) is 0 Å². The average molecular weight is 217 g/mol. The van der Waals surface area contributed by atoms with Gasteiger partial charge in [-0.15, -0.1) is 0 Å².